The molecule has 0 fully saturated rings. The summed E-state index contributed by atoms with van der Waals surface area (Å²) in [4.78, 5) is 0. The maximum atomic E-state index is 8.02. The van der Waals surface area contributed by atoms with Crippen molar-refractivity contribution in [3.63, 3.8) is 0 Å². The minimum absolute atomic E-state index is 0.451. The van der Waals surface area contributed by atoms with Gasteiger partial charge < -0.3 is 10.5 Å². The van der Waals surface area contributed by atoms with E-state index in [1.165, 1.54) is 0 Å². The van der Waals surface area contributed by atoms with Crippen LogP contribution in [-0.4, -0.2) is 7.11 Å². The molecule has 0 radical (unpaired) electrons. The van der Waals surface area contributed by atoms with Gasteiger partial charge in [-0.3, -0.25) is 0 Å². The molecule has 2 nitrogen and oxygen atoms in total. The third-order valence-corrected chi connectivity index (χ3v) is 2.90. The lowest BCUT2D eigenvalue weighted by Gasteiger charge is -1.99. The molecule has 0 bridgehead atoms. The molecule has 2 rings (SSSR count). The van der Waals surface area contributed by atoms with Gasteiger partial charge in [-0.05, 0) is 35.7 Å². The Hall–Kier alpha value is -2.48. The lowest BCUT2D eigenvalue weighted by molar-refractivity contribution is 0.415. The Morgan fingerprint density at radius 3 is 2.55 bits per heavy atom. The monoisotopic (exact) mass is 266 g/mol. The number of nitrogen functional groups attached to an aromatic ring is 1. The molecule has 0 aliphatic carbocycles. The van der Waals surface area contributed by atoms with Crippen molar-refractivity contribution in [2.45, 2.75) is 6.42 Å². The van der Waals surface area contributed by atoms with E-state index in [0.717, 1.165) is 16.9 Å². The summed E-state index contributed by atoms with van der Waals surface area (Å²) in [5.74, 6) is 0.847. The van der Waals surface area contributed by atoms with Crippen molar-refractivity contribution in [1.29, 1.82) is 0 Å². The molecule has 102 valence electrons. The van der Waals surface area contributed by atoms with Crippen LogP contribution in [-0.2, 0) is 0 Å². The van der Waals surface area contributed by atoms with E-state index in [9.17, 15) is 0 Å². The largest absolute Gasteiger partial charge is 0.497 e. The fraction of sp³-hybridized carbons (Fsp3) is 0.111. The van der Waals surface area contributed by atoms with E-state index in [1.807, 2.05) is 66.8 Å². The van der Waals surface area contributed by atoms with Crippen LogP contribution >= 0.6 is 0 Å². The number of ether oxygens (including phenoxy) is 1. The van der Waals surface area contributed by atoms with Gasteiger partial charge in [-0.15, -0.1) is 0 Å². The Labute approximate surface area is 121 Å². The van der Waals surface area contributed by atoms with Gasteiger partial charge in [0.1, 0.15) is 5.75 Å². The zero-order valence-corrected chi connectivity index (χ0v) is 11.5. The van der Waals surface area contributed by atoms with Crippen LogP contribution in [0.25, 0.3) is 12.1 Å². The zero-order chi connectivity index (χ0) is 15.1. The first kappa shape index (κ1) is 12.5. The Balaban J connectivity index is 1.97. The van der Waals surface area contributed by atoms with E-state index in [0.29, 0.717) is 18.2 Å². The Kier molecular flexibility index (Phi) is 4.51. The number of hydrogen-bond donors (Lipinski definition) is 1. The molecule has 2 aromatic carbocycles. The molecule has 20 heavy (non-hydrogen) atoms. The summed E-state index contributed by atoms with van der Waals surface area (Å²) in [5.41, 5.74) is 8.37. The predicted molar refractivity (Wildman–Crippen MR) is 86.5 cm³/mol. The Morgan fingerprint density at radius 2 is 1.85 bits per heavy atom. The maximum Gasteiger partial charge on any atom is 0.118 e. The van der Waals surface area contributed by atoms with Gasteiger partial charge in [-0.25, -0.2) is 0 Å². The van der Waals surface area contributed by atoms with Crippen LogP contribution in [0.4, 0.5) is 5.69 Å². The average Bonchev–Trinajstić information content (AvgIpc) is 2.52. The van der Waals surface area contributed by atoms with Crippen LogP contribution in [0.1, 0.15) is 18.9 Å². The summed E-state index contributed by atoms with van der Waals surface area (Å²) in [6.45, 7) is 0. The molecule has 0 amide bonds. The molecule has 0 aliphatic rings. The molecular weight excluding hydrogens is 246 g/mol. The van der Waals surface area contributed by atoms with Crippen LogP contribution < -0.4 is 10.5 Å². The number of allylic oxidation sites excluding steroid dienone is 2. The topological polar surface area (TPSA) is 35.2 Å². The van der Waals surface area contributed by atoms with Gasteiger partial charge in [-0.2, -0.15) is 0 Å². The van der Waals surface area contributed by atoms with Crippen LogP contribution in [0.5, 0.6) is 5.75 Å². The highest BCUT2D eigenvalue weighted by molar-refractivity contribution is 5.64. The first-order valence-electron chi connectivity index (χ1n) is 7.03. The van der Waals surface area contributed by atoms with Gasteiger partial charge >= 0.3 is 0 Å². The van der Waals surface area contributed by atoms with E-state index >= 15 is 0 Å². The van der Waals surface area contributed by atoms with E-state index in [1.54, 1.807) is 7.11 Å². The quantitative estimate of drug-likeness (QED) is 0.814. The van der Waals surface area contributed by atoms with Crippen molar-refractivity contribution in [3.05, 3.63) is 71.8 Å². The van der Waals surface area contributed by atoms with Gasteiger partial charge in [0.25, 0.3) is 0 Å². The first-order valence-corrected chi connectivity index (χ1v) is 6.53. The van der Waals surface area contributed by atoms with Crippen molar-refractivity contribution in [1.82, 2.24) is 0 Å². The second-order valence-electron chi connectivity index (χ2n) is 4.35. The predicted octanol–water partition coefficient (Wildman–Crippen LogP) is 4.39. The molecule has 0 saturated carbocycles. The summed E-state index contributed by atoms with van der Waals surface area (Å²) in [6.07, 6.45) is 6.60. The number of benzene rings is 2. The molecular formula is C18H19NO. The zero-order valence-electron chi connectivity index (χ0n) is 12.5. The van der Waals surface area contributed by atoms with Gasteiger partial charge in [0.05, 0.1) is 8.48 Å². The highest BCUT2D eigenvalue weighted by atomic mass is 16.5. The standard InChI is InChI=1S/C18H19NO/c1-20-17-13-11-15(12-14-17)7-3-2-4-8-16-9-5-6-10-18(16)19/h3-14H,2,19H2,1H3/b7-3+,8-4-/i8D. The fourth-order valence-corrected chi connectivity index (χ4v) is 1.78. The Morgan fingerprint density at radius 1 is 1.10 bits per heavy atom. The average molecular weight is 266 g/mol. The fourth-order valence-electron chi connectivity index (χ4n) is 1.78. The van der Waals surface area contributed by atoms with Crippen LogP contribution in [0.2, 0.25) is 0 Å². The van der Waals surface area contributed by atoms with Crippen LogP contribution in [0.3, 0.4) is 0 Å². The SMILES string of the molecule is [2H]/C(=C/C/C=C/c1ccc(OC)cc1)c1ccccc1N. The number of nitrogens with two attached hydrogens (primary N) is 1. The van der Waals surface area contributed by atoms with Gasteiger partial charge in [0.2, 0.25) is 0 Å². The molecule has 0 saturated heterocycles. The van der Waals surface area contributed by atoms with Crippen LogP contribution in [0, 0.1) is 0 Å². The molecule has 0 aromatic heterocycles. The van der Waals surface area contributed by atoms with E-state index < -0.39 is 0 Å². The number of rotatable bonds is 5. The smallest absolute Gasteiger partial charge is 0.118 e. The van der Waals surface area contributed by atoms with Gasteiger partial charge in [-0.1, -0.05) is 54.6 Å². The molecule has 2 heteroatoms. The second-order valence-corrected chi connectivity index (χ2v) is 4.35. The van der Waals surface area contributed by atoms with Crippen molar-refractivity contribution < 1.29 is 6.11 Å². The number of hydrogen-bond acceptors (Lipinski definition) is 2. The third-order valence-electron chi connectivity index (χ3n) is 2.90. The molecule has 2 aromatic rings. The van der Waals surface area contributed by atoms with E-state index in [2.05, 4.69) is 0 Å². The first-order chi connectivity index (χ1) is 10.2. The molecule has 2 N–H and O–H groups in total. The number of para-hydroxylation sites is 1. The van der Waals surface area contributed by atoms with E-state index in [4.69, 9.17) is 11.8 Å². The van der Waals surface area contributed by atoms with E-state index in [-0.39, 0.29) is 0 Å². The number of methoxy groups -OCH3 is 1. The van der Waals surface area contributed by atoms with Gasteiger partial charge in [0.15, 0.2) is 0 Å². The lowest BCUT2D eigenvalue weighted by Crippen LogP contribution is -1.86. The highest BCUT2D eigenvalue weighted by Gasteiger charge is 1.91. The molecule has 0 spiro atoms. The highest BCUT2D eigenvalue weighted by Crippen LogP contribution is 2.14. The summed E-state index contributed by atoms with van der Waals surface area (Å²) in [5, 5.41) is 0. The van der Waals surface area contributed by atoms with Gasteiger partial charge in [0, 0.05) is 5.69 Å². The lowest BCUT2D eigenvalue weighted by atomic mass is 10.1. The molecule has 0 aliphatic heterocycles. The summed E-state index contributed by atoms with van der Waals surface area (Å²) in [7, 11) is 1.65. The summed E-state index contributed by atoms with van der Waals surface area (Å²) in [6, 6.07) is 15.7. The third kappa shape index (κ3) is 4.02. The second kappa shape index (κ2) is 7.19. The molecule has 0 atom stereocenters. The molecule has 0 heterocycles. The Bertz CT molecular complexity index is 645. The molecule has 0 unspecified atom stereocenters. The summed E-state index contributed by atoms with van der Waals surface area (Å²) < 4.78 is 13.1. The number of anilines is 1. The minimum Gasteiger partial charge on any atom is -0.497 e. The minimum atomic E-state index is 0.451. The normalized spacial score (nSPS) is 12.4. The maximum absolute atomic E-state index is 8.02. The summed E-state index contributed by atoms with van der Waals surface area (Å²) >= 11 is 0. The van der Waals surface area contributed by atoms with Crippen molar-refractivity contribution >= 4 is 17.8 Å². The van der Waals surface area contributed by atoms with Crippen molar-refractivity contribution in [3.8, 4) is 5.75 Å². The van der Waals surface area contributed by atoms with Crippen molar-refractivity contribution in [2.24, 2.45) is 0 Å². The van der Waals surface area contributed by atoms with Crippen molar-refractivity contribution in [2.75, 3.05) is 12.8 Å². The van der Waals surface area contributed by atoms with Crippen LogP contribution in [0.15, 0.2) is 60.7 Å².